The molecule has 0 aromatic rings. The normalized spacial score (nSPS) is 64.7. The third kappa shape index (κ3) is 0.791. The van der Waals surface area contributed by atoms with E-state index in [-0.39, 0.29) is 21.5 Å². The second-order valence-electron chi connectivity index (χ2n) is 5.38. The molecule has 0 heterocycles. The number of fused-ring (bicyclic) bond motifs is 2. The van der Waals surface area contributed by atoms with Gasteiger partial charge in [0.05, 0.1) is 9.65 Å². The molecule has 2 bridgehead atoms. The molecule has 0 radical (unpaired) electrons. The lowest BCUT2D eigenvalue weighted by Crippen LogP contribution is -2.29. The summed E-state index contributed by atoms with van der Waals surface area (Å²) in [4.78, 5) is 24.2. The molecule has 0 amide bonds. The third-order valence-corrected chi connectivity index (χ3v) is 7.29. The lowest BCUT2D eigenvalue weighted by Gasteiger charge is -2.25. The number of alkyl halides is 2. The molecule has 0 N–H and O–H groups in total. The first-order valence-corrected chi connectivity index (χ1v) is 7.31. The summed E-state index contributed by atoms with van der Waals surface area (Å²) in [5.74, 6) is 2.63. The van der Waals surface area contributed by atoms with Gasteiger partial charge in [-0.3, -0.25) is 9.59 Å². The van der Waals surface area contributed by atoms with E-state index in [1.54, 1.807) is 0 Å². The average Bonchev–Trinajstić information content (AvgIpc) is 2.85. The van der Waals surface area contributed by atoms with Crippen molar-refractivity contribution in [2.45, 2.75) is 16.1 Å². The Morgan fingerprint density at radius 2 is 1.27 bits per heavy atom. The standard InChI is InChI=1S/C11H10Br2O2/c12-8-4-2-1-3-5(4)9(13)11(15)7(3)6(2)10(8)14/h2-9H,1H2/t2-,3+,4-,5+,6+,7-,8-,9-/m0/s1. The zero-order valence-corrected chi connectivity index (χ0v) is 11.1. The molecule has 80 valence electrons. The molecule has 4 aliphatic carbocycles. The maximum atomic E-state index is 12.1. The number of hydrogen-bond acceptors (Lipinski definition) is 2. The second-order valence-corrected chi connectivity index (χ2v) is 7.35. The SMILES string of the molecule is O=C1[C@H]2[C@@H]3C[C@@H]4[C@H]2C(=O)[C@@H](Br)[C@@H]4[C@@H]3[C@@H]1Br. The Hall–Kier alpha value is 0.300. The number of carbonyl (C=O) groups is 2. The predicted octanol–water partition coefficient (Wildman–Crippen LogP) is 1.79. The number of carbonyl (C=O) groups excluding carboxylic acids is 2. The Labute approximate surface area is 104 Å². The lowest BCUT2D eigenvalue weighted by molar-refractivity contribution is -0.128. The van der Waals surface area contributed by atoms with E-state index in [1.807, 2.05) is 0 Å². The van der Waals surface area contributed by atoms with Gasteiger partial charge in [-0.25, -0.2) is 0 Å². The molecule has 0 aromatic carbocycles. The summed E-state index contributed by atoms with van der Waals surface area (Å²) in [5, 5.41) is 0. The maximum absolute atomic E-state index is 12.1. The topological polar surface area (TPSA) is 34.1 Å². The van der Waals surface area contributed by atoms with Crippen LogP contribution in [0, 0.1) is 35.5 Å². The number of rotatable bonds is 0. The molecular formula is C11H10Br2O2. The van der Waals surface area contributed by atoms with Crippen molar-refractivity contribution in [2.24, 2.45) is 35.5 Å². The maximum Gasteiger partial charge on any atom is 0.150 e. The molecule has 4 heteroatoms. The van der Waals surface area contributed by atoms with E-state index < -0.39 is 0 Å². The van der Waals surface area contributed by atoms with Crippen molar-refractivity contribution >= 4 is 43.4 Å². The Bertz CT molecular complexity index is 358. The molecule has 0 aromatic heterocycles. The van der Waals surface area contributed by atoms with Gasteiger partial charge in [0, 0.05) is 11.8 Å². The van der Waals surface area contributed by atoms with E-state index in [0.717, 1.165) is 6.42 Å². The van der Waals surface area contributed by atoms with Crippen LogP contribution in [0.4, 0.5) is 0 Å². The van der Waals surface area contributed by atoms with Gasteiger partial charge >= 0.3 is 0 Å². The molecule has 15 heavy (non-hydrogen) atoms. The molecule has 4 rings (SSSR count). The van der Waals surface area contributed by atoms with Gasteiger partial charge in [-0.2, -0.15) is 0 Å². The van der Waals surface area contributed by atoms with Gasteiger partial charge < -0.3 is 0 Å². The van der Waals surface area contributed by atoms with Gasteiger partial charge in [-0.05, 0) is 30.1 Å². The fourth-order valence-electron chi connectivity index (χ4n) is 4.85. The summed E-state index contributed by atoms with van der Waals surface area (Å²) in [6.07, 6.45) is 1.12. The third-order valence-electron chi connectivity index (χ3n) is 5.16. The molecular weight excluding hydrogens is 324 g/mol. The van der Waals surface area contributed by atoms with Gasteiger partial charge in [0.1, 0.15) is 0 Å². The number of hydrogen-bond donors (Lipinski definition) is 0. The van der Waals surface area contributed by atoms with Crippen molar-refractivity contribution in [3.63, 3.8) is 0 Å². The van der Waals surface area contributed by atoms with Crippen LogP contribution in [0.15, 0.2) is 0 Å². The Morgan fingerprint density at radius 3 is 1.67 bits per heavy atom. The minimum atomic E-state index is 0.0284. The minimum Gasteiger partial charge on any atom is -0.298 e. The molecule has 4 aliphatic rings. The monoisotopic (exact) mass is 332 g/mol. The quantitative estimate of drug-likeness (QED) is 0.633. The Balaban J connectivity index is 1.93. The first kappa shape index (κ1) is 9.34. The highest BCUT2D eigenvalue weighted by molar-refractivity contribution is 9.10. The van der Waals surface area contributed by atoms with Crippen LogP contribution in [0.1, 0.15) is 6.42 Å². The minimum absolute atomic E-state index is 0.0284. The first-order valence-electron chi connectivity index (χ1n) is 5.48. The van der Waals surface area contributed by atoms with Crippen LogP contribution in [0.5, 0.6) is 0 Å². The van der Waals surface area contributed by atoms with Crippen molar-refractivity contribution in [3.8, 4) is 0 Å². The molecule has 2 nitrogen and oxygen atoms in total. The first-order chi connectivity index (χ1) is 7.13. The van der Waals surface area contributed by atoms with Gasteiger partial charge in [0.25, 0.3) is 0 Å². The fraction of sp³-hybridized carbons (Fsp3) is 0.818. The highest BCUT2D eigenvalue weighted by atomic mass is 79.9. The lowest BCUT2D eigenvalue weighted by atomic mass is 9.79. The molecule has 0 unspecified atom stereocenters. The largest absolute Gasteiger partial charge is 0.298 e. The van der Waals surface area contributed by atoms with Crippen molar-refractivity contribution in [1.82, 2.24) is 0 Å². The highest BCUT2D eigenvalue weighted by Gasteiger charge is 2.74. The van der Waals surface area contributed by atoms with Crippen LogP contribution in [-0.4, -0.2) is 21.2 Å². The smallest absolute Gasteiger partial charge is 0.150 e. The second kappa shape index (κ2) is 2.58. The van der Waals surface area contributed by atoms with E-state index in [4.69, 9.17) is 0 Å². The van der Waals surface area contributed by atoms with Crippen LogP contribution in [0.2, 0.25) is 0 Å². The molecule has 0 saturated heterocycles. The Kier molecular flexibility index (Phi) is 1.61. The number of Topliss-reactive ketones (excluding diaryl/α,β-unsaturated/α-hetero) is 2. The van der Waals surface area contributed by atoms with Gasteiger partial charge in [-0.1, -0.05) is 31.9 Å². The molecule has 4 fully saturated rings. The molecule has 8 atom stereocenters. The molecule has 0 spiro atoms. The van der Waals surface area contributed by atoms with Gasteiger partial charge in [-0.15, -0.1) is 0 Å². The molecule has 0 aliphatic heterocycles. The zero-order chi connectivity index (χ0) is 10.5. The van der Waals surface area contributed by atoms with E-state index >= 15 is 0 Å². The van der Waals surface area contributed by atoms with Crippen molar-refractivity contribution in [3.05, 3.63) is 0 Å². The van der Waals surface area contributed by atoms with E-state index in [2.05, 4.69) is 31.9 Å². The van der Waals surface area contributed by atoms with Crippen LogP contribution < -0.4 is 0 Å². The summed E-state index contributed by atoms with van der Waals surface area (Å²) in [6, 6.07) is 0. The summed E-state index contributed by atoms with van der Waals surface area (Å²) in [7, 11) is 0. The van der Waals surface area contributed by atoms with Crippen molar-refractivity contribution < 1.29 is 9.59 Å². The summed E-state index contributed by atoms with van der Waals surface area (Å²) < 4.78 is 0. The van der Waals surface area contributed by atoms with E-state index in [0.29, 0.717) is 35.2 Å². The van der Waals surface area contributed by atoms with Crippen LogP contribution in [0.25, 0.3) is 0 Å². The van der Waals surface area contributed by atoms with Crippen molar-refractivity contribution in [1.29, 1.82) is 0 Å². The number of halogens is 2. The highest BCUT2D eigenvalue weighted by Crippen LogP contribution is 2.70. The predicted molar refractivity (Wildman–Crippen MR) is 61.0 cm³/mol. The fourth-order valence-corrected chi connectivity index (χ4v) is 6.95. The summed E-state index contributed by atoms with van der Waals surface area (Å²) >= 11 is 7.09. The average molecular weight is 334 g/mol. The van der Waals surface area contributed by atoms with Gasteiger partial charge in [0.2, 0.25) is 0 Å². The zero-order valence-electron chi connectivity index (χ0n) is 7.90. The van der Waals surface area contributed by atoms with Crippen LogP contribution in [0.3, 0.4) is 0 Å². The van der Waals surface area contributed by atoms with Crippen LogP contribution >= 0.6 is 31.9 Å². The van der Waals surface area contributed by atoms with E-state index in [1.165, 1.54) is 0 Å². The van der Waals surface area contributed by atoms with Crippen LogP contribution in [-0.2, 0) is 9.59 Å². The molecule has 4 saturated carbocycles. The summed E-state index contributed by atoms with van der Waals surface area (Å²) in [5.41, 5.74) is 0. The number of ketones is 2. The summed E-state index contributed by atoms with van der Waals surface area (Å²) in [6.45, 7) is 0. The van der Waals surface area contributed by atoms with Crippen molar-refractivity contribution in [2.75, 3.05) is 0 Å². The van der Waals surface area contributed by atoms with E-state index in [9.17, 15) is 9.59 Å². The van der Waals surface area contributed by atoms with Gasteiger partial charge in [0.15, 0.2) is 11.6 Å². The Morgan fingerprint density at radius 1 is 0.867 bits per heavy atom.